The first-order valence-electron chi connectivity index (χ1n) is 7.12. The smallest absolute Gasteiger partial charge is 0.120 e. The minimum atomic E-state index is 0.314. The number of piperidine rings is 1. The summed E-state index contributed by atoms with van der Waals surface area (Å²) in [6, 6.07) is 5.73. The standard InChI is InChI=1S/C15H26N2O/c1-11(2)17-9-7-14(8-10-17)16-13(4)15-6-5-12(3)18-15/h5-6,11,13-14,16H,7-10H2,1-4H3. The summed E-state index contributed by atoms with van der Waals surface area (Å²) in [6.07, 6.45) is 2.48. The highest BCUT2D eigenvalue weighted by atomic mass is 16.3. The topological polar surface area (TPSA) is 28.4 Å². The molecule has 0 bridgehead atoms. The lowest BCUT2D eigenvalue weighted by Gasteiger charge is -2.35. The Morgan fingerprint density at radius 3 is 2.39 bits per heavy atom. The van der Waals surface area contributed by atoms with Gasteiger partial charge in [0, 0.05) is 12.1 Å². The average molecular weight is 250 g/mol. The molecule has 18 heavy (non-hydrogen) atoms. The number of likely N-dealkylation sites (tertiary alicyclic amines) is 1. The molecule has 1 unspecified atom stereocenters. The Balaban J connectivity index is 1.81. The first-order chi connectivity index (χ1) is 8.56. The average Bonchev–Trinajstić information content (AvgIpc) is 2.76. The quantitative estimate of drug-likeness (QED) is 0.890. The molecule has 3 heteroatoms. The van der Waals surface area contributed by atoms with E-state index in [-0.39, 0.29) is 0 Å². The number of nitrogens with one attached hydrogen (secondary N) is 1. The molecule has 0 amide bonds. The van der Waals surface area contributed by atoms with E-state index in [1.165, 1.54) is 25.9 Å². The van der Waals surface area contributed by atoms with Crippen molar-refractivity contribution in [3.63, 3.8) is 0 Å². The van der Waals surface area contributed by atoms with E-state index in [1.807, 2.05) is 13.0 Å². The second-order valence-electron chi connectivity index (χ2n) is 5.74. The summed E-state index contributed by atoms with van der Waals surface area (Å²) >= 11 is 0. The van der Waals surface area contributed by atoms with Crippen molar-refractivity contribution in [3.8, 4) is 0 Å². The van der Waals surface area contributed by atoms with Crippen LogP contribution < -0.4 is 5.32 Å². The molecule has 0 saturated carbocycles. The van der Waals surface area contributed by atoms with Gasteiger partial charge in [-0.1, -0.05) is 0 Å². The van der Waals surface area contributed by atoms with E-state index in [9.17, 15) is 0 Å². The lowest BCUT2D eigenvalue weighted by atomic mass is 10.0. The molecule has 1 aliphatic heterocycles. The van der Waals surface area contributed by atoms with Crippen LogP contribution in [0.3, 0.4) is 0 Å². The molecule has 0 aromatic carbocycles. The zero-order valence-electron chi connectivity index (χ0n) is 12.1. The van der Waals surface area contributed by atoms with Gasteiger partial charge in [0.25, 0.3) is 0 Å². The molecular formula is C15H26N2O. The predicted molar refractivity (Wildman–Crippen MR) is 74.7 cm³/mol. The number of hydrogen-bond donors (Lipinski definition) is 1. The first kappa shape index (κ1) is 13.6. The van der Waals surface area contributed by atoms with Crippen molar-refractivity contribution >= 4 is 0 Å². The Hall–Kier alpha value is -0.800. The lowest BCUT2D eigenvalue weighted by molar-refractivity contribution is 0.155. The second kappa shape index (κ2) is 5.89. The Bertz CT molecular complexity index is 364. The van der Waals surface area contributed by atoms with Crippen molar-refractivity contribution in [1.29, 1.82) is 0 Å². The first-order valence-corrected chi connectivity index (χ1v) is 7.12. The maximum Gasteiger partial charge on any atom is 0.120 e. The largest absolute Gasteiger partial charge is 0.465 e. The number of aryl methyl sites for hydroxylation is 1. The van der Waals surface area contributed by atoms with Crippen LogP contribution in [0, 0.1) is 6.92 Å². The number of furan rings is 1. The van der Waals surface area contributed by atoms with E-state index >= 15 is 0 Å². The van der Waals surface area contributed by atoms with Gasteiger partial charge < -0.3 is 14.6 Å². The number of rotatable bonds is 4. The zero-order valence-corrected chi connectivity index (χ0v) is 12.1. The maximum atomic E-state index is 5.67. The molecule has 2 heterocycles. The number of hydrogen-bond acceptors (Lipinski definition) is 3. The van der Waals surface area contributed by atoms with Crippen molar-refractivity contribution < 1.29 is 4.42 Å². The van der Waals surface area contributed by atoms with E-state index < -0.39 is 0 Å². The molecule has 1 saturated heterocycles. The van der Waals surface area contributed by atoms with E-state index in [0.717, 1.165) is 11.5 Å². The molecule has 3 nitrogen and oxygen atoms in total. The summed E-state index contributed by atoms with van der Waals surface area (Å²) in [5.74, 6) is 2.05. The van der Waals surface area contributed by atoms with Crippen molar-refractivity contribution in [2.24, 2.45) is 0 Å². The van der Waals surface area contributed by atoms with E-state index in [1.54, 1.807) is 0 Å². The van der Waals surface area contributed by atoms with Crippen molar-refractivity contribution in [2.45, 2.75) is 58.7 Å². The van der Waals surface area contributed by atoms with Crippen molar-refractivity contribution in [3.05, 3.63) is 23.7 Å². The monoisotopic (exact) mass is 250 g/mol. The molecule has 0 spiro atoms. The number of nitrogens with zero attached hydrogens (tertiary/aromatic N) is 1. The van der Waals surface area contributed by atoms with Crippen molar-refractivity contribution in [2.75, 3.05) is 13.1 Å². The SMILES string of the molecule is Cc1ccc(C(C)NC2CCN(C(C)C)CC2)o1. The van der Waals surface area contributed by atoms with Crippen LogP contribution >= 0.6 is 0 Å². The highest BCUT2D eigenvalue weighted by Gasteiger charge is 2.22. The summed E-state index contributed by atoms with van der Waals surface area (Å²) < 4.78 is 5.67. The van der Waals surface area contributed by atoms with Crippen molar-refractivity contribution in [1.82, 2.24) is 10.2 Å². The summed E-state index contributed by atoms with van der Waals surface area (Å²) in [6.45, 7) is 11.2. The van der Waals surface area contributed by atoms with Crippen LogP contribution in [-0.4, -0.2) is 30.1 Å². The van der Waals surface area contributed by atoms with Crippen LogP contribution in [-0.2, 0) is 0 Å². The highest BCUT2D eigenvalue weighted by molar-refractivity contribution is 5.09. The third kappa shape index (κ3) is 3.36. The van der Waals surface area contributed by atoms with Gasteiger partial charge in [-0.25, -0.2) is 0 Å². The Kier molecular flexibility index (Phi) is 4.46. The highest BCUT2D eigenvalue weighted by Crippen LogP contribution is 2.20. The minimum absolute atomic E-state index is 0.314. The van der Waals surface area contributed by atoms with Crippen LogP contribution in [0.5, 0.6) is 0 Å². The molecule has 1 N–H and O–H groups in total. The van der Waals surface area contributed by atoms with Gasteiger partial charge in [-0.15, -0.1) is 0 Å². The fourth-order valence-corrected chi connectivity index (χ4v) is 2.70. The third-order valence-corrected chi connectivity index (χ3v) is 3.93. The van der Waals surface area contributed by atoms with Crippen LogP contribution in [0.4, 0.5) is 0 Å². The van der Waals surface area contributed by atoms with Gasteiger partial charge in [0.15, 0.2) is 0 Å². The summed E-state index contributed by atoms with van der Waals surface area (Å²) in [5.41, 5.74) is 0. The minimum Gasteiger partial charge on any atom is -0.465 e. The van der Waals surface area contributed by atoms with Gasteiger partial charge >= 0.3 is 0 Å². The summed E-state index contributed by atoms with van der Waals surface area (Å²) in [4.78, 5) is 2.56. The molecule has 1 atom stereocenters. The Morgan fingerprint density at radius 2 is 1.89 bits per heavy atom. The van der Waals surface area contributed by atoms with Gasteiger partial charge in [-0.3, -0.25) is 0 Å². The Morgan fingerprint density at radius 1 is 1.22 bits per heavy atom. The normalized spacial score (nSPS) is 20.5. The molecule has 0 radical (unpaired) electrons. The fraction of sp³-hybridized carbons (Fsp3) is 0.733. The van der Waals surface area contributed by atoms with Gasteiger partial charge in [0.1, 0.15) is 11.5 Å². The predicted octanol–water partition coefficient (Wildman–Crippen LogP) is 3.11. The van der Waals surface area contributed by atoms with Crippen LogP contribution in [0.2, 0.25) is 0 Å². The molecule has 102 valence electrons. The van der Waals surface area contributed by atoms with Crippen LogP contribution in [0.1, 0.15) is 51.2 Å². The fourth-order valence-electron chi connectivity index (χ4n) is 2.70. The molecule has 0 aliphatic carbocycles. The Labute approximate surface area is 111 Å². The van der Waals surface area contributed by atoms with Crippen LogP contribution in [0.25, 0.3) is 0 Å². The molecule has 2 rings (SSSR count). The lowest BCUT2D eigenvalue weighted by Crippen LogP contribution is -2.45. The van der Waals surface area contributed by atoms with Crippen LogP contribution in [0.15, 0.2) is 16.5 Å². The van der Waals surface area contributed by atoms with E-state index in [0.29, 0.717) is 18.1 Å². The third-order valence-electron chi connectivity index (χ3n) is 3.93. The molecular weight excluding hydrogens is 224 g/mol. The van der Waals surface area contributed by atoms with Gasteiger partial charge in [0.2, 0.25) is 0 Å². The molecule has 1 aromatic heterocycles. The summed E-state index contributed by atoms with van der Waals surface area (Å²) in [5, 5.41) is 3.69. The van der Waals surface area contributed by atoms with E-state index in [2.05, 4.69) is 37.1 Å². The van der Waals surface area contributed by atoms with Gasteiger partial charge in [-0.2, -0.15) is 0 Å². The molecule has 1 aromatic rings. The van der Waals surface area contributed by atoms with Gasteiger partial charge in [-0.05, 0) is 65.8 Å². The zero-order chi connectivity index (χ0) is 13.1. The molecule has 1 aliphatic rings. The second-order valence-corrected chi connectivity index (χ2v) is 5.74. The van der Waals surface area contributed by atoms with Gasteiger partial charge in [0.05, 0.1) is 6.04 Å². The summed E-state index contributed by atoms with van der Waals surface area (Å²) in [7, 11) is 0. The molecule has 1 fully saturated rings. The maximum absolute atomic E-state index is 5.67. The van der Waals surface area contributed by atoms with E-state index in [4.69, 9.17) is 4.42 Å².